The van der Waals surface area contributed by atoms with E-state index < -0.39 is 0 Å². The molecule has 0 aliphatic heterocycles. The molecule has 108 valence electrons. The Morgan fingerprint density at radius 1 is 1.14 bits per heavy atom. The normalized spacial score (nSPS) is 11.0. The zero-order chi connectivity index (χ0) is 15.1. The molecule has 0 saturated carbocycles. The van der Waals surface area contributed by atoms with E-state index in [0.717, 1.165) is 39.3 Å². The van der Waals surface area contributed by atoms with E-state index >= 15 is 0 Å². The van der Waals surface area contributed by atoms with Gasteiger partial charge in [0.25, 0.3) is 0 Å². The lowest BCUT2D eigenvalue weighted by Gasteiger charge is -2.13. The van der Waals surface area contributed by atoms with Gasteiger partial charge in [0.2, 0.25) is 0 Å². The first kappa shape index (κ1) is 13.4. The number of hydrogen-bond acceptors (Lipinski definition) is 4. The van der Waals surface area contributed by atoms with Crippen molar-refractivity contribution in [3.63, 3.8) is 0 Å². The second-order valence-electron chi connectivity index (χ2n) is 5.18. The molecule has 0 radical (unpaired) electrons. The fourth-order valence-corrected chi connectivity index (χ4v) is 2.70. The lowest BCUT2D eigenvalue weighted by atomic mass is 10.2. The van der Waals surface area contributed by atoms with E-state index in [-0.39, 0.29) is 0 Å². The fraction of sp³-hybridized carbons (Fsp3) is 0.250. The summed E-state index contributed by atoms with van der Waals surface area (Å²) in [6.45, 7) is 6.15. The van der Waals surface area contributed by atoms with Crippen LogP contribution in [-0.2, 0) is 0 Å². The van der Waals surface area contributed by atoms with Crippen LogP contribution < -0.4 is 10.5 Å². The molecule has 0 fully saturated rings. The average molecular weight is 282 g/mol. The first-order valence-corrected chi connectivity index (χ1v) is 6.77. The Hall–Kier alpha value is -2.56. The summed E-state index contributed by atoms with van der Waals surface area (Å²) >= 11 is 0. The maximum atomic E-state index is 6.02. The van der Waals surface area contributed by atoms with Crippen molar-refractivity contribution in [1.82, 2.24) is 14.5 Å². The van der Waals surface area contributed by atoms with Crippen LogP contribution in [0, 0.1) is 20.8 Å². The monoisotopic (exact) mass is 282 g/mol. The van der Waals surface area contributed by atoms with Crippen LogP contribution in [0.1, 0.15) is 16.8 Å². The van der Waals surface area contributed by atoms with Gasteiger partial charge >= 0.3 is 0 Å². The molecule has 3 aromatic rings. The Morgan fingerprint density at radius 2 is 1.90 bits per heavy atom. The molecule has 1 aromatic carbocycles. The summed E-state index contributed by atoms with van der Waals surface area (Å²) in [6.07, 6.45) is 1.50. The lowest BCUT2D eigenvalue weighted by Crippen LogP contribution is -2.02. The third-order valence-corrected chi connectivity index (χ3v) is 3.90. The second-order valence-corrected chi connectivity index (χ2v) is 5.18. The van der Waals surface area contributed by atoms with Crippen molar-refractivity contribution < 1.29 is 4.74 Å². The number of nitrogens with two attached hydrogens (primary N) is 1. The Bertz CT molecular complexity index is 836. The number of rotatable bonds is 2. The summed E-state index contributed by atoms with van der Waals surface area (Å²) in [5.74, 6) is 1.31. The van der Waals surface area contributed by atoms with Crippen LogP contribution in [-0.4, -0.2) is 21.6 Å². The molecule has 21 heavy (non-hydrogen) atoms. The molecule has 0 atom stereocenters. The minimum Gasteiger partial charge on any atom is -0.495 e. The van der Waals surface area contributed by atoms with E-state index in [0.29, 0.717) is 5.82 Å². The molecule has 5 heteroatoms. The summed E-state index contributed by atoms with van der Waals surface area (Å²) in [6, 6.07) is 6.08. The number of nitrogen functional groups attached to an aromatic ring is 1. The number of methoxy groups -OCH3 is 1. The predicted molar refractivity (Wildman–Crippen MR) is 84.0 cm³/mol. The number of nitrogens with zero attached hydrogens (tertiary/aromatic N) is 3. The van der Waals surface area contributed by atoms with Crippen molar-refractivity contribution in [3.8, 4) is 11.4 Å². The molecular formula is C16H18N4O. The minimum absolute atomic E-state index is 0.506. The number of anilines is 1. The maximum absolute atomic E-state index is 6.02. The van der Waals surface area contributed by atoms with Crippen molar-refractivity contribution in [2.45, 2.75) is 20.8 Å². The standard InChI is InChI=1S/C16H18N4O/c1-9-5-6-13(21-4)12(7-9)20-11(3)10(2)14-15(17)18-8-19-16(14)20/h5-8H,1-4H3,(H2,17,18,19). The lowest BCUT2D eigenvalue weighted by molar-refractivity contribution is 0.413. The van der Waals surface area contributed by atoms with E-state index in [4.69, 9.17) is 10.5 Å². The quantitative estimate of drug-likeness (QED) is 0.784. The van der Waals surface area contributed by atoms with Crippen molar-refractivity contribution in [3.05, 3.63) is 41.3 Å². The number of hydrogen-bond donors (Lipinski definition) is 1. The highest BCUT2D eigenvalue weighted by Gasteiger charge is 2.18. The van der Waals surface area contributed by atoms with Gasteiger partial charge in [-0.25, -0.2) is 9.97 Å². The van der Waals surface area contributed by atoms with E-state index in [1.807, 2.05) is 19.1 Å². The number of aryl methyl sites for hydroxylation is 2. The van der Waals surface area contributed by atoms with Crippen LogP contribution in [0.25, 0.3) is 16.7 Å². The largest absolute Gasteiger partial charge is 0.495 e. The summed E-state index contributed by atoms with van der Waals surface area (Å²) in [5.41, 5.74) is 11.1. The van der Waals surface area contributed by atoms with Gasteiger partial charge in [0.05, 0.1) is 18.2 Å². The molecule has 0 aliphatic rings. The first-order chi connectivity index (χ1) is 10.0. The molecular weight excluding hydrogens is 264 g/mol. The minimum atomic E-state index is 0.506. The molecule has 0 unspecified atom stereocenters. The molecule has 2 N–H and O–H groups in total. The van der Waals surface area contributed by atoms with Crippen molar-refractivity contribution in [2.75, 3.05) is 12.8 Å². The van der Waals surface area contributed by atoms with E-state index in [1.165, 1.54) is 6.33 Å². The molecule has 0 bridgehead atoms. The molecule has 0 aliphatic carbocycles. The fourth-order valence-electron chi connectivity index (χ4n) is 2.70. The van der Waals surface area contributed by atoms with Crippen LogP contribution in [0.4, 0.5) is 5.82 Å². The number of benzene rings is 1. The molecule has 0 saturated heterocycles. The van der Waals surface area contributed by atoms with E-state index in [1.54, 1.807) is 7.11 Å². The SMILES string of the molecule is COc1ccc(C)cc1-n1c(C)c(C)c2c(N)ncnc21. The zero-order valence-corrected chi connectivity index (χ0v) is 12.6. The highest BCUT2D eigenvalue weighted by atomic mass is 16.5. The Balaban J connectivity index is 2.44. The van der Waals surface area contributed by atoms with Crippen molar-refractivity contribution in [1.29, 1.82) is 0 Å². The van der Waals surface area contributed by atoms with Crippen LogP contribution in [0.3, 0.4) is 0 Å². The van der Waals surface area contributed by atoms with Gasteiger partial charge < -0.3 is 10.5 Å². The van der Waals surface area contributed by atoms with Crippen molar-refractivity contribution >= 4 is 16.9 Å². The summed E-state index contributed by atoms with van der Waals surface area (Å²) in [7, 11) is 1.67. The van der Waals surface area contributed by atoms with Gasteiger partial charge in [-0.15, -0.1) is 0 Å². The third kappa shape index (κ3) is 1.93. The Morgan fingerprint density at radius 3 is 2.62 bits per heavy atom. The van der Waals surface area contributed by atoms with Gasteiger partial charge in [-0.05, 0) is 44.0 Å². The zero-order valence-electron chi connectivity index (χ0n) is 12.6. The maximum Gasteiger partial charge on any atom is 0.150 e. The summed E-state index contributed by atoms with van der Waals surface area (Å²) < 4.78 is 7.58. The van der Waals surface area contributed by atoms with E-state index in [2.05, 4.69) is 34.4 Å². The molecule has 2 heterocycles. The van der Waals surface area contributed by atoms with Crippen LogP contribution in [0.5, 0.6) is 5.75 Å². The van der Waals surface area contributed by atoms with E-state index in [9.17, 15) is 0 Å². The highest BCUT2D eigenvalue weighted by Crippen LogP contribution is 2.33. The molecule has 5 nitrogen and oxygen atoms in total. The topological polar surface area (TPSA) is 66.0 Å². The third-order valence-electron chi connectivity index (χ3n) is 3.90. The van der Waals surface area contributed by atoms with Gasteiger partial charge in [-0.1, -0.05) is 6.07 Å². The summed E-state index contributed by atoms with van der Waals surface area (Å²) in [4.78, 5) is 8.52. The number of ether oxygens (including phenoxy) is 1. The van der Waals surface area contributed by atoms with Crippen LogP contribution in [0.2, 0.25) is 0 Å². The van der Waals surface area contributed by atoms with Crippen molar-refractivity contribution in [2.24, 2.45) is 0 Å². The van der Waals surface area contributed by atoms with Crippen LogP contribution in [0.15, 0.2) is 24.5 Å². The Labute approximate surface area is 123 Å². The smallest absolute Gasteiger partial charge is 0.150 e. The highest BCUT2D eigenvalue weighted by molar-refractivity contribution is 5.92. The first-order valence-electron chi connectivity index (χ1n) is 6.77. The second kappa shape index (κ2) is 4.77. The van der Waals surface area contributed by atoms with Gasteiger partial charge in [0.15, 0.2) is 5.65 Å². The number of aromatic nitrogens is 3. The van der Waals surface area contributed by atoms with Crippen LogP contribution >= 0.6 is 0 Å². The van der Waals surface area contributed by atoms with Gasteiger partial charge in [0.1, 0.15) is 17.9 Å². The summed E-state index contributed by atoms with van der Waals surface area (Å²) in [5, 5.41) is 0.901. The Kier molecular flexibility index (Phi) is 3.05. The van der Waals surface area contributed by atoms with Gasteiger partial charge in [-0.3, -0.25) is 4.57 Å². The molecule has 0 amide bonds. The average Bonchev–Trinajstić information content (AvgIpc) is 2.72. The number of fused-ring (bicyclic) bond motifs is 1. The van der Waals surface area contributed by atoms with Gasteiger partial charge in [0, 0.05) is 5.69 Å². The molecule has 3 rings (SSSR count). The van der Waals surface area contributed by atoms with Gasteiger partial charge in [-0.2, -0.15) is 0 Å². The molecule has 0 spiro atoms. The molecule has 2 aromatic heterocycles. The predicted octanol–water partition coefficient (Wildman–Crippen LogP) is 2.94.